The van der Waals surface area contributed by atoms with Gasteiger partial charge in [0.2, 0.25) is 0 Å². The third kappa shape index (κ3) is 11.1. The Bertz CT molecular complexity index is 748. The maximum absolute atomic E-state index is 12.6. The number of nitrogens with one attached hydrogen (secondary N) is 1. The lowest BCUT2D eigenvalue weighted by molar-refractivity contribution is 0.0524. The summed E-state index contributed by atoms with van der Waals surface area (Å²) < 4.78 is 10.7. The molecule has 0 aromatic carbocycles. The van der Waals surface area contributed by atoms with Crippen LogP contribution in [0.3, 0.4) is 0 Å². The molecule has 0 radical (unpaired) electrons. The van der Waals surface area contributed by atoms with Gasteiger partial charge in [0, 0.05) is 31.3 Å². The van der Waals surface area contributed by atoms with E-state index in [1.165, 1.54) is 11.1 Å². The van der Waals surface area contributed by atoms with Gasteiger partial charge >= 0.3 is 12.2 Å². The Morgan fingerprint density at radius 2 is 1.62 bits per heavy atom. The van der Waals surface area contributed by atoms with Crippen LogP contribution in [0.1, 0.15) is 90.9 Å². The monoisotopic (exact) mass is 449 g/mol. The molecule has 0 bridgehead atoms. The summed E-state index contributed by atoms with van der Waals surface area (Å²) in [7, 11) is 0. The van der Waals surface area contributed by atoms with Crippen molar-refractivity contribution in [1.29, 1.82) is 0 Å². The highest BCUT2D eigenvalue weighted by Gasteiger charge is 2.24. The third-order valence-electron chi connectivity index (χ3n) is 4.19. The number of ether oxygens (including phenoxy) is 2. The molecule has 0 aliphatic carbocycles. The van der Waals surface area contributed by atoms with Crippen LogP contribution >= 0.6 is 0 Å². The van der Waals surface area contributed by atoms with Crippen molar-refractivity contribution < 1.29 is 23.9 Å². The summed E-state index contributed by atoms with van der Waals surface area (Å²) in [5, 5.41) is 2.68. The predicted octanol–water partition coefficient (Wildman–Crippen LogP) is 5.50. The summed E-state index contributed by atoms with van der Waals surface area (Å²) in [6.07, 6.45) is 3.99. The van der Waals surface area contributed by atoms with Gasteiger partial charge in [-0.1, -0.05) is 13.3 Å². The van der Waals surface area contributed by atoms with Crippen LogP contribution in [-0.2, 0) is 9.47 Å². The molecule has 0 atom stereocenters. The standard InChI is InChI=1S/C24H39N3O5/c1-8-9-16-27(22(30)32-24(5,6)7)20-14-13-18(17-26-20)19(28)12-10-11-15-25-21(29)31-23(2,3)4/h13-14,17H,8-12,15-16H2,1-7H3,(H,25,29). The van der Waals surface area contributed by atoms with Crippen LogP contribution in [0.25, 0.3) is 0 Å². The van der Waals surface area contributed by atoms with E-state index in [2.05, 4.69) is 10.3 Å². The molecule has 180 valence electrons. The van der Waals surface area contributed by atoms with Crippen molar-refractivity contribution >= 4 is 23.8 Å². The predicted molar refractivity (Wildman–Crippen MR) is 125 cm³/mol. The second-order valence-corrected chi connectivity index (χ2v) is 9.70. The molecule has 0 spiro atoms. The van der Waals surface area contributed by atoms with Gasteiger partial charge in [-0.3, -0.25) is 9.69 Å². The fraction of sp³-hybridized carbons (Fsp3) is 0.667. The van der Waals surface area contributed by atoms with Gasteiger partial charge in [0.05, 0.1) is 0 Å². The first-order chi connectivity index (χ1) is 14.8. The first kappa shape index (κ1) is 27.4. The number of pyridine rings is 1. The van der Waals surface area contributed by atoms with Crippen LogP contribution in [0.15, 0.2) is 18.3 Å². The highest BCUT2D eigenvalue weighted by atomic mass is 16.6. The summed E-state index contributed by atoms with van der Waals surface area (Å²) in [4.78, 5) is 42.5. The van der Waals surface area contributed by atoms with Crippen LogP contribution in [0.2, 0.25) is 0 Å². The molecule has 8 heteroatoms. The second-order valence-electron chi connectivity index (χ2n) is 9.70. The van der Waals surface area contributed by atoms with Crippen molar-refractivity contribution in [2.75, 3.05) is 18.0 Å². The third-order valence-corrected chi connectivity index (χ3v) is 4.19. The van der Waals surface area contributed by atoms with Crippen molar-refractivity contribution in [2.45, 2.75) is 91.8 Å². The smallest absolute Gasteiger partial charge is 0.416 e. The minimum atomic E-state index is -0.601. The van der Waals surface area contributed by atoms with Crippen molar-refractivity contribution in [1.82, 2.24) is 10.3 Å². The van der Waals surface area contributed by atoms with Gasteiger partial charge < -0.3 is 14.8 Å². The molecule has 8 nitrogen and oxygen atoms in total. The van der Waals surface area contributed by atoms with Crippen LogP contribution in [0.4, 0.5) is 15.4 Å². The van der Waals surface area contributed by atoms with E-state index in [0.29, 0.717) is 43.7 Å². The number of amides is 2. The van der Waals surface area contributed by atoms with Gasteiger partial charge in [0.1, 0.15) is 17.0 Å². The van der Waals surface area contributed by atoms with E-state index in [4.69, 9.17) is 9.47 Å². The van der Waals surface area contributed by atoms with Gasteiger partial charge in [-0.05, 0) is 72.9 Å². The van der Waals surface area contributed by atoms with Crippen molar-refractivity contribution in [2.24, 2.45) is 0 Å². The normalized spacial score (nSPS) is 11.6. The summed E-state index contributed by atoms with van der Waals surface area (Å²) in [5.74, 6) is 0.435. The Labute approximate surface area is 192 Å². The van der Waals surface area contributed by atoms with E-state index in [0.717, 1.165) is 12.8 Å². The van der Waals surface area contributed by atoms with E-state index < -0.39 is 23.4 Å². The number of ketones is 1. The lowest BCUT2D eigenvalue weighted by atomic mass is 10.1. The first-order valence-electron chi connectivity index (χ1n) is 11.3. The van der Waals surface area contributed by atoms with Crippen molar-refractivity contribution in [3.05, 3.63) is 23.9 Å². The molecular weight excluding hydrogens is 410 g/mol. The van der Waals surface area contributed by atoms with Crippen LogP contribution < -0.4 is 10.2 Å². The number of rotatable bonds is 10. The number of hydrogen-bond donors (Lipinski definition) is 1. The van der Waals surface area contributed by atoms with Gasteiger partial charge in [0.25, 0.3) is 0 Å². The highest BCUT2D eigenvalue weighted by molar-refractivity contribution is 5.96. The maximum Gasteiger partial charge on any atom is 0.416 e. The average Bonchev–Trinajstić information content (AvgIpc) is 2.65. The fourth-order valence-corrected chi connectivity index (χ4v) is 2.70. The number of Topliss-reactive ketones (excluding diaryl/α,β-unsaturated/α-hetero) is 1. The van der Waals surface area contributed by atoms with E-state index in [-0.39, 0.29) is 5.78 Å². The fourth-order valence-electron chi connectivity index (χ4n) is 2.70. The van der Waals surface area contributed by atoms with Crippen molar-refractivity contribution in [3.8, 4) is 0 Å². The molecular formula is C24H39N3O5. The lowest BCUT2D eigenvalue weighted by Crippen LogP contribution is -2.38. The quantitative estimate of drug-likeness (QED) is 0.374. The zero-order valence-corrected chi connectivity index (χ0v) is 20.6. The number of anilines is 1. The summed E-state index contributed by atoms with van der Waals surface area (Å²) in [5.41, 5.74) is -0.640. The Morgan fingerprint density at radius 3 is 2.16 bits per heavy atom. The minimum Gasteiger partial charge on any atom is -0.444 e. The molecule has 1 aromatic heterocycles. The molecule has 32 heavy (non-hydrogen) atoms. The Morgan fingerprint density at radius 1 is 0.969 bits per heavy atom. The molecule has 0 unspecified atom stereocenters. The molecule has 0 saturated heterocycles. The minimum absolute atomic E-state index is 0.0290. The summed E-state index contributed by atoms with van der Waals surface area (Å²) >= 11 is 0. The van der Waals surface area contributed by atoms with E-state index in [9.17, 15) is 14.4 Å². The molecule has 1 aromatic rings. The van der Waals surface area contributed by atoms with E-state index in [1.807, 2.05) is 27.7 Å². The van der Waals surface area contributed by atoms with Gasteiger partial charge in [-0.25, -0.2) is 14.6 Å². The van der Waals surface area contributed by atoms with E-state index >= 15 is 0 Å². The number of hydrogen-bond acceptors (Lipinski definition) is 6. The van der Waals surface area contributed by atoms with E-state index in [1.54, 1.807) is 32.9 Å². The first-order valence-corrected chi connectivity index (χ1v) is 11.3. The maximum atomic E-state index is 12.6. The van der Waals surface area contributed by atoms with Gasteiger partial charge in [0.15, 0.2) is 5.78 Å². The molecule has 0 fully saturated rings. The molecule has 0 aliphatic heterocycles. The molecule has 2 amide bonds. The number of nitrogens with zero attached hydrogens (tertiary/aromatic N) is 2. The lowest BCUT2D eigenvalue weighted by Gasteiger charge is -2.26. The highest BCUT2D eigenvalue weighted by Crippen LogP contribution is 2.18. The van der Waals surface area contributed by atoms with Crippen LogP contribution in [0, 0.1) is 0 Å². The second kappa shape index (κ2) is 12.4. The SMILES string of the molecule is CCCCN(C(=O)OC(C)(C)C)c1ccc(C(=O)CCCCNC(=O)OC(C)(C)C)cn1. The molecule has 1 heterocycles. The molecule has 0 saturated carbocycles. The number of alkyl carbamates (subject to hydrolysis) is 1. The number of unbranched alkanes of at least 4 members (excludes halogenated alkanes) is 2. The Balaban J connectivity index is 2.58. The topological polar surface area (TPSA) is 97.8 Å². The Kier molecular flexibility index (Phi) is 10.6. The molecule has 1 rings (SSSR count). The van der Waals surface area contributed by atoms with Crippen molar-refractivity contribution in [3.63, 3.8) is 0 Å². The van der Waals surface area contributed by atoms with Gasteiger partial charge in [-0.2, -0.15) is 0 Å². The molecule has 0 aliphatic rings. The summed E-state index contributed by atoms with van der Waals surface area (Å²) in [6, 6.07) is 3.36. The summed E-state index contributed by atoms with van der Waals surface area (Å²) in [6.45, 7) is 13.9. The van der Waals surface area contributed by atoms with Gasteiger partial charge in [-0.15, -0.1) is 0 Å². The zero-order valence-electron chi connectivity index (χ0n) is 20.6. The largest absolute Gasteiger partial charge is 0.444 e. The number of carbonyl (C=O) groups is 3. The number of carbonyl (C=O) groups excluding carboxylic acids is 3. The zero-order chi connectivity index (χ0) is 24.4. The average molecular weight is 450 g/mol. The molecule has 1 N–H and O–H groups in total. The Hall–Kier alpha value is -2.64. The van der Waals surface area contributed by atoms with Crippen LogP contribution in [0.5, 0.6) is 0 Å². The number of aromatic nitrogens is 1. The van der Waals surface area contributed by atoms with Crippen LogP contribution in [-0.4, -0.2) is 47.2 Å².